The minimum absolute atomic E-state index is 0.376. The minimum atomic E-state index is 0.376. The van der Waals surface area contributed by atoms with Crippen molar-refractivity contribution in [2.45, 2.75) is 32.7 Å². The number of imidazole rings is 1. The highest BCUT2D eigenvalue weighted by atomic mass is 32.1. The van der Waals surface area contributed by atoms with Crippen molar-refractivity contribution in [2.24, 2.45) is 0 Å². The van der Waals surface area contributed by atoms with Gasteiger partial charge in [-0.3, -0.25) is 0 Å². The second-order valence-electron chi connectivity index (χ2n) is 4.01. The Hall–Kier alpha value is -1.13. The van der Waals surface area contributed by atoms with E-state index in [-0.39, 0.29) is 0 Å². The van der Waals surface area contributed by atoms with Crippen molar-refractivity contribution < 1.29 is 0 Å². The van der Waals surface area contributed by atoms with Crippen LogP contribution in [0.2, 0.25) is 0 Å². The number of H-pyrrole nitrogens is 1. The van der Waals surface area contributed by atoms with Crippen molar-refractivity contribution in [2.75, 3.05) is 6.54 Å². The van der Waals surface area contributed by atoms with Gasteiger partial charge in [-0.1, -0.05) is 13.8 Å². The molecule has 0 saturated heterocycles. The molecule has 17 heavy (non-hydrogen) atoms. The summed E-state index contributed by atoms with van der Waals surface area (Å²) >= 11 is 1.84. The minimum Gasteiger partial charge on any atom is -0.349 e. The van der Waals surface area contributed by atoms with Gasteiger partial charge in [0.1, 0.15) is 5.82 Å². The Balaban J connectivity index is 2.16. The molecule has 0 aliphatic carbocycles. The van der Waals surface area contributed by atoms with E-state index in [1.807, 2.05) is 23.7 Å². The molecule has 92 valence electrons. The summed E-state index contributed by atoms with van der Waals surface area (Å²) in [5.41, 5.74) is 1.45. The number of likely N-dealkylation sites (N-methyl/N-ethyl adjacent to an activating group) is 1. The zero-order chi connectivity index (χ0) is 12.1. The predicted molar refractivity (Wildman–Crippen MR) is 72.4 cm³/mol. The Morgan fingerprint density at radius 3 is 3.00 bits per heavy atom. The smallest absolute Gasteiger partial charge is 0.107 e. The van der Waals surface area contributed by atoms with Gasteiger partial charge in [-0.05, 0) is 30.0 Å². The first-order chi connectivity index (χ1) is 8.35. The van der Waals surface area contributed by atoms with E-state index in [0.717, 1.165) is 25.2 Å². The zero-order valence-corrected chi connectivity index (χ0v) is 11.2. The molecule has 0 amide bonds. The van der Waals surface area contributed by atoms with Crippen LogP contribution in [0.15, 0.2) is 23.8 Å². The molecule has 0 aliphatic heterocycles. The lowest BCUT2D eigenvalue weighted by Gasteiger charge is -2.17. The van der Waals surface area contributed by atoms with Crippen LogP contribution in [0.4, 0.5) is 0 Å². The van der Waals surface area contributed by atoms with E-state index in [9.17, 15) is 0 Å². The van der Waals surface area contributed by atoms with Gasteiger partial charge in [-0.2, -0.15) is 0 Å². The van der Waals surface area contributed by atoms with Gasteiger partial charge in [-0.15, -0.1) is 11.3 Å². The average Bonchev–Trinajstić information content (AvgIpc) is 2.98. The maximum atomic E-state index is 4.31. The highest BCUT2D eigenvalue weighted by molar-refractivity contribution is 7.10. The van der Waals surface area contributed by atoms with Crippen LogP contribution in [0, 0.1) is 0 Å². The second kappa shape index (κ2) is 5.98. The van der Waals surface area contributed by atoms with E-state index < -0.39 is 0 Å². The van der Waals surface area contributed by atoms with Crippen molar-refractivity contribution in [3.63, 3.8) is 0 Å². The monoisotopic (exact) mass is 249 g/mol. The van der Waals surface area contributed by atoms with Crippen molar-refractivity contribution in [1.29, 1.82) is 0 Å². The Labute approximate surface area is 106 Å². The van der Waals surface area contributed by atoms with Gasteiger partial charge in [-0.25, -0.2) is 4.98 Å². The molecule has 0 aromatic carbocycles. The third-order valence-electron chi connectivity index (χ3n) is 2.88. The van der Waals surface area contributed by atoms with Crippen LogP contribution in [0.3, 0.4) is 0 Å². The molecular formula is C13H19N3S. The second-order valence-corrected chi connectivity index (χ2v) is 4.96. The molecular weight excluding hydrogens is 230 g/mol. The highest BCUT2D eigenvalue weighted by Gasteiger charge is 2.16. The standard InChI is InChI=1S/C13H19N3S/c1-3-10-5-8-17-13(10)11(14-4-2)9-12-15-6-7-16-12/h5-8,11,14H,3-4,9H2,1-2H3,(H,15,16). The molecule has 0 bridgehead atoms. The first kappa shape index (κ1) is 12.3. The van der Waals surface area contributed by atoms with E-state index in [1.165, 1.54) is 10.4 Å². The van der Waals surface area contributed by atoms with Gasteiger partial charge in [0.05, 0.1) is 0 Å². The molecule has 0 spiro atoms. The number of aromatic nitrogens is 2. The van der Waals surface area contributed by atoms with E-state index in [0.29, 0.717) is 6.04 Å². The third kappa shape index (κ3) is 2.96. The Bertz CT molecular complexity index is 433. The molecule has 2 rings (SSSR count). The summed E-state index contributed by atoms with van der Waals surface area (Å²) in [6.45, 7) is 5.34. The number of hydrogen-bond donors (Lipinski definition) is 2. The number of hydrogen-bond acceptors (Lipinski definition) is 3. The maximum absolute atomic E-state index is 4.31. The summed E-state index contributed by atoms with van der Waals surface area (Å²) in [4.78, 5) is 8.94. The van der Waals surface area contributed by atoms with E-state index >= 15 is 0 Å². The molecule has 2 N–H and O–H groups in total. The first-order valence-corrected chi connectivity index (χ1v) is 7.01. The first-order valence-electron chi connectivity index (χ1n) is 6.13. The van der Waals surface area contributed by atoms with Gasteiger partial charge >= 0.3 is 0 Å². The Kier molecular flexibility index (Phi) is 4.34. The highest BCUT2D eigenvalue weighted by Crippen LogP contribution is 2.27. The van der Waals surface area contributed by atoms with Crippen LogP contribution >= 0.6 is 11.3 Å². The quantitative estimate of drug-likeness (QED) is 0.826. The van der Waals surface area contributed by atoms with Crippen LogP contribution in [0.1, 0.15) is 36.2 Å². The van der Waals surface area contributed by atoms with Gasteiger partial charge in [0.25, 0.3) is 0 Å². The fourth-order valence-corrected chi connectivity index (χ4v) is 3.13. The molecule has 0 fully saturated rings. The van der Waals surface area contributed by atoms with Crippen molar-refractivity contribution in [1.82, 2.24) is 15.3 Å². The van der Waals surface area contributed by atoms with Crippen LogP contribution < -0.4 is 5.32 Å². The van der Waals surface area contributed by atoms with Crippen molar-refractivity contribution in [3.8, 4) is 0 Å². The Morgan fingerprint density at radius 1 is 1.47 bits per heavy atom. The molecule has 0 radical (unpaired) electrons. The van der Waals surface area contributed by atoms with Gasteiger partial charge in [0.2, 0.25) is 0 Å². The van der Waals surface area contributed by atoms with Crippen LogP contribution in [-0.2, 0) is 12.8 Å². The molecule has 4 heteroatoms. The largest absolute Gasteiger partial charge is 0.349 e. The van der Waals surface area contributed by atoms with E-state index in [4.69, 9.17) is 0 Å². The maximum Gasteiger partial charge on any atom is 0.107 e. The van der Waals surface area contributed by atoms with Crippen LogP contribution in [-0.4, -0.2) is 16.5 Å². The summed E-state index contributed by atoms with van der Waals surface area (Å²) in [7, 11) is 0. The normalized spacial score (nSPS) is 12.8. The third-order valence-corrected chi connectivity index (χ3v) is 3.95. The molecule has 2 heterocycles. The van der Waals surface area contributed by atoms with Gasteiger partial charge in [0.15, 0.2) is 0 Å². The van der Waals surface area contributed by atoms with Gasteiger partial charge in [0, 0.05) is 29.7 Å². The molecule has 3 nitrogen and oxygen atoms in total. The fourth-order valence-electron chi connectivity index (χ4n) is 2.05. The summed E-state index contributed by atoms with van der Waals surface area (Å²) in [5.74, 6) is 1.05. The molecule has 1 atom stereocenters. The summed E-state index contributed by atoms with van der Waals surface area (Å²) in [5, 5.41) is 5.73. The lowest BCUT2D eigenvalue weighted by Crippen LogP contribution is -2.23. The van der Waals surface area contributed by atoms with Crippen LogP contribution in [0.5, 0.6) is 0 Å². The lowest BCUT2D eigenvalue weighted by atomic mass is 10.1. The predicted octanol–water partition coefficient (Wildman–Crippen LogP) is 2.93. The molecule has 0 saturated carbocycles. The number of aromatic amines is 1. The summed E-state index contributed by atoms with van der Waals surface area (Å²) < 4.78 is 0. The fraction of sp³-hybridized carbons (Fsp3) is 0.462. The van der Waals surface area contributed by atoms with Crippen molar-refractivity contribution in [3.05, 3.63) is 40.1 Å². The van der Waals surface area contributed by atoms with Gasteiger partial charge < -0.3 is 10.3 Å². The lowest BCUT2D eigenvalue weighted by molar-refractivity contribution is 0.544. The number of nitrogens with zero attached hydrogens (tertiary/aromatic N) is 1. The number of aryl methyl sites for hydroxylation is 1. The van der Waals surface area contributed by atoms with Crippen LogP contribution in [0.25, 0.3) is 0 Å². The summed E-state index contributed by atoms with van der Waals surface area (Å²) in [6, 6.07) is 2.60. The molecule has 1 unspecified atom stereocenters. The number of nitrogens with one attached hydrogen (secondary N) is 2. The molecule has 2 aromatic rings. The number of thiophene rings is 1. The average molecular weight is 249 g/mol. The SMILES string of the molecule is CCNC(Cc1ncc[nH]1)c1sccc1CC. The van der Waals surface area contributed by atoms with E-state index in [1.54, 1.807) is 0 Å². The number of rotatable bonds is 6. The zero-order valence-electron chi connectivity index (χ0n) is 10.4. The molecule has 2 aromatic heterocycles. The Morgan fingerprint density at radius 2 is 2.35 bits per heavy atom. The van der Waals surface area contributed by atoms with E-state index in [2.05, 4.69) is 40.6 Å². The summed E-state index contributed by atoms with van der Waals surface area (Å²) in [6.07, 6.45) is 5.72. The van der Waals surface area contributed by atoms with Crippen molar-refractivity contribution >= 4 is 11.3 Å². The topological polar surface area (TPSA) is 40.7 Å². The molecule has 0 aliphatic rings.